The minimum atomic E-state index is -0.481. The molecule has 0 radical (unpaired) electrons. The van der Waals surface area contributed by atoms with Crippen molar-refractivity contribution in [3.05, 3.63) is 60.2 Å². The fraction of sp³-hybridized carbons (Fsp3) is 0.348. The average molecular weight is 347 g/mol. The molecule has 1 aliphatic rings. The summed E-state index contributed by atoms with van der Waals surface area (Å²) < 4.78 is 5.49. The molecule has 3 nitrogen and oxygen atoms in total. The van der Waals surface area contributed by atoms with Gasteiger partial charge in [0.05, 0.1) is 6.04 Å². The van der Waals surface area contributed by atoms with E-state index in [2.05, 4.69) is 36.1 Å². The zero-order valence-electron chi connectivity index (χ0n) is 15.7. The lowest BCUT2D eigenvalue weighted by Gasteiger charge is -2.26. The van der Waals surface area contributed by atoms with Gasteiger partial charge in [-0.3, -0.25) is 4.90 Å². The standard InChI is InChI=1S/C23H25NO2/c1-23(2,3)26-22(25)24-17-7-10-21(24)16-13-18-11-14-20(15-12-18)19-8-5-4-6-9-19/h4-6,8-9,11-12,14-15,21H,7,10,17H2,1-3H3. The second kappa shape index (κ2) is 7.66. The number of nitrogens with zero attached hydrogens (tertiary/aromatic N) is 1. The molecule has 2 aromatic rings. The van der Waals surface area contributed by atoms with Crippen molar-refractivity contribution in [2.24, 2.45) is 0 Å². The zero-order chi connectivity index (χ0) is 18.6. The van der Waals surface area contributed by atoms with E-state index in [1.807, 2.05) is 51.1 Å². The van der Waals surface area contributed by atoms with Crippen LogP contribution in [-0.2, 0) is 4.74 Å². The quantitative estimate of drug-likeness (QED) is 0.671. The van der Waals surface area contributed by atoms with Crippen LogP contribution < -0.4 is 0 Å². The fourth-order valence-corrected chi connectivity index (χ4v) is 3.00. The predicted molar refractivity (Wildman–Crippen MR) is 105 cm³/mol. The third-order valence-corrected chi connectivity index (χ3v) is 4.26. The molecule has 1 saturated heterocycles. The van der Waals surface area contributed by atoms with E-state index in [1.165, 1.54) is 11.1 Å². The van der Waals surface area contributed by atoms with Crippen molar-refractivity contribution in [2.75, 3.05) is 6.54 Å². The molecule has 0 spiro atoms. The summed E-state index contributed by atoms with van der Waals surface area (Å²) in [7, 11) is 0. The number of amides is 1. The Balaban J connectivity index is 1.69. The first-order valence-electron chi connectivity index (χ1n) is 9.09. The SMILES string of the molecule is CC(C)(C)OC(=O)N1CCCC1C#Cc1ccc(-c2ccccc2)cc1. The van der Waals surface area contributed by atoms with Gasteiger partial charge in [0.1, 0.15) is 5.60 Å². The van der Waals surface area contributed by atoms with E-state index in [-0.39, 0.29) is 12.1 Å². The van der Waals surface area contributed by atoms with Gasteiger partial charge >= 0.3 is 6.09 Å². The van der Waals surface area contributed by atoms with Crippen LogP contribution in [0.25, 0.3) is 11.1 Å². The molecule has 0 N–H and O–H groups in total. The summed E-state index contributed by atoms with van der Waals surface area (Å²) >= 11 is 0. The largest absolute Gasteiger partial charge is 0.444 e. The average Bonchev–Trinajstić information content (AvgIpc) is 3.08. The summed E-state index contributed by atoms with van der Waals surface area (Å²) in [5.74, 6) is 6.46. The number of rotatable bonds is 1. The van der Waals surface area contributed by atoms with E-state index in [1.54, 1.807) is 4.90 Å². The van der Waals surface area contributed by atoms with E-state index in [9.17, 15) is 4.79 Å². The van der Waals surface area contributed by atoms with Crippen molar-refractivity contribution >= 4 is 6.09 Å². The van der Waals surface area contributed by atoms with E-state index < -0.39 is 5.60 Å². The number of likely N-dealkylation sites (tertiary alicyclic amines) is 1. The van der Waals surface area contributed by atoms with Gasteiger partial charge < -0.3 is 4.74 Å². The van der Waals surface area contributed by atoms with Crippen molar-refractivity contribution in [2.45, 2.75) is 45.3 Å². The Kier molecular flexibility index (Phi) is 5.32. The van der Waals surface area contributed by atoms with Crippen LogP contribution in [0.1, 0.15) is 39.2 Å². The minimum Gasteiger partial charge on any atom is -0.444 e. The number of benzene rings is 2. The first-order chi connectivity index (χ1) is 12.4. The molecule has 3 heteroatoms. The first kappa shape index (κ1) is 18.1. The topological polar surface area (TPSA) is 29.5 Å². The maximum absolute atomic E-state index is 12.3. The molecular weight excluding hydrogens is 322 g/mol. The molecule has 26 heavy (non-hydrogen) atoms. The lowest BCUT2D eigenvalue weighted by molar-refractivity contribution is 0.0261. The molecule has 3 rings (SSSR count). The van der Waals surface area contributed by atoms with E-state index in [4.69, 9.17) is 4.74 Å². The Hall–Kier alpha value is -2.73. The number of carbonyl (C=O) groups is 1. The number of ether oxygens (including phenoxy) is 1. The molecule has 1 heterocycles. The van der Waals surface area contributed by atoms with Gasteiger partial charge in [-0.1, -0.05) is 54.3 Å². The number of carbonyl (C=O) groups excluding carboxylic acids is 1. The lowest BCUT2D eigenvalue weighted by atomic mass is 10.0. The number of hydrogen-bond acceptors (Lipinski definition) is 2. The van der Waals surface area contributed by atoms with Crippen LogP contribution in [0.5, 0.6) is 0 Å². The van der Waals surface area contributed by atoms with Gasteiger partial charge in [0.15, 0.2) is 0 Å². The Morgan fingerprint density at radius 1 is 1.04 bits per heavy atom. The Morgan fingerprint density at radius 2 is 1.69 bits per heavy atom. The molecule has 1 atom stereocenters. The summed E-state index contributed by atoms with van der Waals surface area (Å²) in [6.07, 6.45) is 1.59. The smallest absolute Gasteiger partial charge is 0.411 e. The van der Waals surface area contributed by atoms with Crippen LogP contribution in [-0.4, -0.2) is 29.2 Å². The minimum absolute atomic E-state index is 0.0707. The highest BCUT2D eigenvalue weighted by Crippen LogP contribution is 2.21. The zero-order valence-corrected chi connectivity index (χ0v) is 15.7. The molecule has 1 aliphatic heterocycles. The van der Waals surface area contributed by atoms with Gasteiger partial charge in [-0.2, -0.15) is 0 Å². The highest BCUT2D eigenvalue weighted by atomic mass is 16.6. The highest BCUT2D eigenvalue weighted by Gasteiger charge is 2.31. The van der Waals surface area contributed by atoms with Crippen LogP contribution in [0.15, 0.2) is 54.6 Å². The summed E-state index contributed by atoms with van der Waals surface area (Å²) in [6.45, 7) is 6.36. The van der Waals surface area contributed by atoms with Gasteiger partial charge in [-0.25, -0.2) is 4.79 Å². The monoisotopic (exact) mass is 347 g/mol. The fourth-order valence-electron chi connectivity index (χ4n) is 3.00. The third kappa shape index (κ3) is 4.67. The predicted octanol–water partition coefficient (Wildman–Crippen LogP) is 5.10. The number of hydrogen-bond donors (Lipinski definition) is 0. The van der Waals surface area contributed by atoms with Gasteiger partial charge in [-0.05, 0) is 56.9 Å². The van der Waals surface area contributed by atoms with Gasteiger partial charge in [0.25, 0.3) is 0 Å². The third-order valence-electron chi connectivity index (χ3n) is 4.26. The first-order valence-corrected chi connectivity index (χ1v) is 9.09. The molecule has 1 amide bonds. The van der Waals surface area contributed by atoms with Crippen LogP contribution in [0.4, 0.5) is 4.79 Å². The van der Waals surface area contributed by atoms with Gasteiger partial charge in [-0.15, -0.1) is 0 Å². The van der Waals surface area contributed by atoms with Crippen molar-refractivity contribution in [3.8, 4) is 23.0 Å². The van der Waals surface area contributed by atoms with Gasteiger partial charge in [0, 0.05) is 12.1 Å². The second-order valence-corrected chi connectivity index (χ2v) is 7.54. The van der Waals surface area contributed by atoms with E-state index in [0.29, 0.717) is 6.54 Å². The Bertz CT molecular complexity index is 807. The van der Waals surface area contributed by atoms with Crippen LogP contribution >= 0.6 is 0 Å². The Labute approximate surface area is 156 Å². The molecule has 1 fully saturated rings. The molecule has 0 aromatic heterocycles. The van der Waals surface area contributed by atoms with Crippen molar-refractivity contribution in [1.82, 2.24) is 4.90 Å². The molecular formula is C23H25NO2. The molecule has 0 aliphatic carbocycles. The summed E-state index contributed by atoms with van der Waals surface area (Å²) in [4.78, 5) is 14.1. The molecule has 1 unspecified atom stereocenters. The molecule has 134 valence electrons. The summed E-state index contributed by atoms with van der Waals surface area (Å²) in [5.41, 5.74) is 2.84. The highest BCUT2D eigenvalue weighted by molar-refractivity contribution is 5.69. The summed E-state index contributed by atoms with van der Waals surface area (Å²) in [5, 5.41) is 0. The summed E-state index contributed by atoms with van der Waals surface area (Å²) in [6, 6.07) is 18.4. The molecule has 0 bridgehead atoms. The Morgan fingerprint density at radius 3 is 2.35 bits per heavy atom. The second-order valence-electron chi connectivity index (χ2n) is 7.54. The molecule has 2 aromatic carbocycles. The van der Waals surface area contributed by atoms with Gasteiger partial charge in [0.2, 0.25) is 0 Å². The normalized spacial score (nSPS) is 16.7. The van der Waals surface area contributed by atoms with Crippen molar-refractivity contribution in [3.63, 3.8) is 0 Å². The maximum Gasteiger partial charge on any atom is 0.411 e. The van der Waals surface area contributed by atoms with Crippen LogP contribution in [0.3, 0.4) is 0 Å². The maximum atomic E-state index is 12.3. The van der Waals surface area contributed by atoms with Crippen molar-refractivity contribution in [1.29, 1.82) is 0 Å². The van der Waals surface area contributed by atoms with E-state index in [0.717, 1.165) is 18.4 Å². The lowest BCUT2D eigenvalue weighted by Crippen LogP contribution is -2.39. The molecule has 0 saturated carbocycles. The van der Waals surface area contributed by atoms with Crippen LogP contribution in [0.2, 0.25) is 0 Å². The van der Waals surface area contributed by atoms with Crippen molar-refractivity contribution < 1.29 is 9.53 Å². The van der Waals surface area contributed by atoms with Crippen LogP contribution in [0, 0.1) is 11.8 Å². The van der Waals surface area contributed by atoms with E-state index >= 15 is 0 Å².